The van der Waals surface area contributed by atoms with Crippen molar-refractivity contribution in [1.29, 1.82) is 0 Å². The molecule has 0 aliphatic heterocycles. The van der Waals surface area contributed by atoms with E-state index < -0.39 is 0 Å². The monoisotopic (exact) mass is 246 g/mol. The second kappa shape index (κ2) is 5.41. The van der Waals surface area contributed by atoms with Gasteiger partial charge in [0.05, 0.1) is 0 Å². The highest BCUT2D eigenvalue weighted by atomic mass is 14.9. The number of rotatable bonds is 5. The number of benzene rings is 1. The van der Waals surface area contributed by atoms with Gasteiger partial charge in [-0.3, -0.25) is 0 Å². The van der Waals surface area contributed by atoms with Gasteiger partial charge in [0.15, 0.2) is 0 Å². The Morgan fingerprint density at radius 3 is 2.39 bits per heavy atom. The van der Waals surface area contributed by atoms with Gasteiger partial charge < -0.3 is 11.1 Å². The van der Waals surface area contributed by atoms with Crippen LogP contribution in [0.3, 0.4) is 0 Å². The van der Waals surface area contributed by atoms with Gasteiger partial charge in [-0.15, -0.1) is 0 Å². The maximum absolute atomic E-state index is 5.80. The van der Waals surface area contributed by atoms with Crippen LogP contribution in [0.5, 0.6) is 0 Å². The third kappa shape index (κ3) is 3.33. The third-order valence-corrected chi connectivity index (χ3v) is 4.11. The van der Waals surface area contributed by atoms with E-state index in [1.54, 1.807) is 0 Å². The van der Waals surface area contributed by atoms with Gasteiger partial charge in [0.2, 0.25) is 0 Å². The molecule has 100 valence electrons. The van der Waals surface area contributed by atoms with Crippen LogP contribution in [-0.4, -0.2) is 19.1 Å². The van der Waals surface area contributed by atoms with Crippen LogP contribution in [-0.2, 0) is 5.41 Å². The smallest absolute Gasteiger partial charge is 0.00450 e. The average Bonchev–Trinajstić information content (AvgIpc) is 2.27. The van der Waals surface area contributed by atoms with Crippen LogP contribution < -0.4 is 11.1 Å². The molecule has 1 aliphatic carbocycles. The van der Waals surface area contributed by atoms with Crippen LogP contribution in [0.15, 0.2) is 24.3 Å². The van der Waals surface area contributed by atoms with Crippen molar-refractivity contribution in [2.75, 3.05) is 13.1 Å². The van der Waals surface area contributed by atoms with Crippen LogP contribution in [0.25, 0.3) is 0 Å². The molecule has 1 aromatic carbocycles. The van der Waals surface area contributed by atoms with Gasteiger partial charge >= 0.3 is 0 Å². The summed E-state index contributed by atoms with van der Waals surface area (Å²) in [5.41, 5.74) is 8.73. The zero-order valence-corrected chi connectivity index (χ0v) is 11.9. The Kier molecular flexibility index (Phi) is 4.08. The molecule has 0 saturated heterocycles. The lowest BCUT2D eigenvalue weighted by Gasteiger charge is -2.34. The average molecular weight is 246 g/mol. The van der Waals surface area contributed by atoms with Gasteiger partial charge in [-0.2, -0.15) is 0 Å². The topological polar surface area (TPSA) is 38.0 Å². The molecular formula is C16H26N2. The van der Waals surface area contributed by atoms with E-state index in [-0.39, 0.29) is 5.41 Å². The summed E-state index contributed by atoms with van der Waals surface area (Å²) in [5.74, 6) is 0.800. The number of nitrogens with two attached hydrogens (primary N) is 1. The fourth-order valence-corrected chi connectivity index (χ4v) is 2.65. The van der Waals surface area contributed by atoms with Crippen LogP contribution >= 0.6 is 0 Å². The van der Waals surface area contributed by atoms with E-state index in [0.717, 1.165) is 19.0 Å². The quantitative estimate of drug-likeness (QED) is 0.838. The Labute approximate surface area is 111 Å². The molecule has 1 aliphatic rings. The fraction of sp³-hybridized carbons (Fsp3) is 0.625. The Bertz CT molecular complexity index is 375. The van der Waals surface area contributed by atoms with Gasteiger partial charge in [0.25, 0.3) is 0 Å². The predicted octanol–water partition coefficient (Wildman–Crippen LogP) is 2.60. The summed E-state index contributed by atoms with van der Waals surface area (Å²) in [6.45, 7) is 8.88. The Morgan fingerprint density at radius 1 is 1.22 bits per heavy atom. The molecule has 0 heterocycles. The number of hydrogen-bond acceptors (Lipinski definition) is 2. The predicted molar refractivity (Wildman–Crippen MR) is 77.8 cm³/mol. The molecule has 2 rings (SSSR count). The van der Waals surface area contributed by atoms with Crippen molar-refractivity contribution in [3.63, 3.8) is 0 Å². The molecule has 1 fully saturated rings. The number of aryl methyl sites for hydroxylation is 1. The molecule has 3 N–H and O–H groups in total. The highest BCUT2D eigenvalue weighted by Gasteiger charge is 2.26. The molecule has 0 spiro atoms. The summed E-state index contributed by atoms with van der Waals surface area (Å²) >= 11 is 0. The largest absolute Gasteiger partial charge is 0.328 e. The molecule has 0 bridgehead atoms. The van der Waals surface area contributed by atoms with Crippen molar-refractivity contribution in [2.45, 2.75) is 45.1 Å². The van der Waals surface area contributed by atoms with Gasteiger partial charge in [-0.05, 0) is 37.8 Å². The van der Waals surface area contributed by atoms with E-state index in [9.17, 15) is 0 Å². The fourth-order valence-electron chi connectivity index (χ4n) is 2.65. The van der Waals surface area contributed by atoms with E-state index >= 15 is 0 Å². The van der Waals surface area contributed by atoms with Gasteiger partial charge in [-0.1, -0.05) is 43.7 Å². The molecule has 1 saturated carbocycles. The molecule has 0 amide bonds. The lowest BCUT2D eigenvalue weighted by Crippen LogP contribution is -2.43. The molecule has 2 heteroatoms. The maximum Gasteiger partial charge on any atom is 0.00450 e. The minimum absolute atomic E-state index is 0.194. The van der Waals surface area contributed by atoms with Gasteiger partial charge in [0.1, 0.15) is 0 Å². The number of nitrogens with one attached hydrogen (secondary N) is 1. The number of hydrogen-bond donors (Lipinski definition) is 2. The minimum Gasteiger partial charge on any atom is -0.328 e. The second-order valence-corrected chi connectivity index (χ2v) is 6.48. The summed E-state index contributed by atoms with van der Waals surface area (Å²) in [6, 6.07) is 9.35. The molecular weight excluding hydrogens is 220 g/mol. The van der Waals surface area contributed by atoms with E-state index in [4.69, 9.17) is 5.73 Å². The molecule has 0 atom stereocenters. The standard InChI is InChI=1S/C16H26N2/c1-12-4-6-14(7-5-12)16(2,3)11-18-10-13-8-15(17)9-13/h4-7,13,15,18H,8-11,17H2,1-3H3. The zero-order chi connectivity index (χ0) is 13.2. The van der Waals surface area contributed by atoms with E-state index in [1.165, 1.54) is 24.0 Å². The summed E-state index contributed by atoms with van der Waals surface area (Å²) < 4.78 is 0. The first-order valence-corrected chi connectivity index (χ1v) is 7.01. The van der Waals surface area contributed by atoms with Gasteiger partial charge in [-0.25, -0.2) is 0 Å². The Hall–Kier alpha value is -0.860. The molecule has 0 unspecified atom stereocenters. The zero-order valence-electron chi connectivity index (χ0n) is 11.9. The lowest BCUT2D eigenvalue weighted by atomic mass is 9.80. The minimum atomic E-state index is 0.194. The van der Waals surface area contributed by atoms with Crippen LogP contribution in [0.4, 0.5) is 0 Å². The SMILES string of the molecule is Cc1ccc(C(C)(C)CNCC2CC(N)C2)cc1. The first-order chi connectivity index (χ1) is 8.47. The second-order valence-electron chi connectivity index (χ2n) is 6.48. The highest BCUT2D eigenvalue weighted by molar-refractivity contribution is 5.27. The van der Waals surface area contributed by atoms with Gasteiger partial charge in [0, 0.05) is 18.0 Å². The van der Waals surface area contributed by atoms with E-state index in [1.807, 2.05) is 0 Å². The van der Waals surface area contributed by atoms with Crippen molar-refractivity contribution in [3.05, 3.63) is 35.4 Å². The summed E-state index contributed by atoms with van der Waals surface area (Å²) in [7, 11) is 0. The van der Waals surface area contributed by atoms with Crippen molar-refractivity contribution in [3.8, 4) is 0 Å². The van der Waals surface area contributed by atoms with Crippen molar-refractivity contribution < 1.29 is 0 Å². The normalized spacial score (nSPS) is 23.8. The van der Waals surface area contributed by atoms with Crippen molar-refractivity contribution in [2.24, 2.45) is 11.7 Å². The lowest BCUT2D eigenvalue weighted by molar-refractivity contribution is 0.251. The highest BCUT2D eigenvalue weighted by Crippen LogP contribution is 2.26. The maximum atomic E-state index is 5.80. The molecule has 1 aromatic rings. The van der Waals surface area contributed by atoms with Crippen LogP contribution in [0, 0.1) is 12.8 Å². The summed E-state index contributed by atoms with van der Waals surface area (Å²) in [6.07, 6.45) is 2.38. The summed E-state index contributed by atoms with van der Waals surface area (Å²) in [4.78, 5) is 0. The van der Waals surface area contributed by atoms with Crippen molar-refractivity contribution in [1.82, 2.24) is 5.32 Å². The molecule has 18 heavy (non-hydrogen) atoms. The molecule has 0 aromatic heterocycles. The third-order valence-electron chi connectivity index (χ3n) is 4.11. The molecule has 0 radical (unpaired) electrons. The Balaban J connectivity index is 1.81. The van der Waals surface area contributed by atoms with E-state index in [2.05, 4.69) is 50.4 Å². The Morgan fingerprint density at radius 2 is 1.83 bits per heavy atom. The first-order valence-electron chi connectivity index (χ1n) is 7.01. The van der Waals surface area contributed by atoms with Crippen LogP contribution in [0.2, 0.25) is 0 Å². The first kappa shape index (κ1) is 13.6. The van der Waals surface area contributed by atoms with E-state index in [0.29, 0.717) is 6.04 Å². The van der Waals surface area contributed by atoms with Crippen molar-refractivity contribution >= 4 is 0 Å². The molecule has 2 nitrogen and oxygen atoms in total. The summed E-state index contributed by atoms with van der Waals surface area (Å²) in [5, 5.41) is 3.61. The van der Waals surface area contributed by atoms with Crippen LogP contribution in [0.1, 0.15) is 37.8 Å².